The molecule has 0 unspecified atom stereocenters. The van der Waals surface area contributed by atoms with Gasteiger partial charge in [-0.05, 0) is 96.1 Å². The Hall–Kier alpha value is -5.30. The Bertz CT molecular complexity index is 1890. The number of para-hydroxylation sites is 1. The lowest BCUT2D eigenvalue weighted by Crippen LogP contribution is -2.31. The van der Waals surface area contributed by atoms with Crippen LogP contribution in [0.2, 0.25) is 0 Å². The number of carbonyl (C=O) groups excluding carboxylic acids is 2. The number of carbonyl (C=O) groups is 2. The van der Waals surface area contributed by atoms with Crippen LogP contribution in [0.25, 0.3) is 11.1 Å². The number of nitrogens with one attached hydrogen (secondary N) is 1. The molecule has 228 valence electrons. The molecule has 45 heavy (non-hydrogen) atoms. The predicted molar refractivity (Wildman–Crippen MR) is 177 cm³/mol. The summed E-state index contributed by atoms with van der Waals surface area (Å²) in [5.41, 5.74) is 9.51. The van der Waals surface area contributed by atoms with Crippen LogP contribution in [0.4, 0.5) is 5.69 Å². The summed E-state index contributed by atoms with van der Waals surface area (Å²) >= 11 is 0. The van der Waals surface area contributed by atoms with Crippen LogP contribution in [0.5, 0.6) is 11.5 Å². The van der Waals surface area contributed by atoms with E-state index in [4.69, 9.17) is 9.47 Å². The van der Waals surface area contributed by atoms with Crippen LogP contribution in [0.3, 0.4) is 0 Å². The number of hydrogen-bond donors (Lipinski definition) is 1. The molecule has 2 heterocycles. The van der Waals surface area contributed by atoms with E-state index in [1.165, 1.54) is 11.1 Å². The van der Waals surface area contributed by atoms with Gasteiger partial charge < -0.3 is 24.3 Å². The van der Waals surface area contributed by atoms with E-state index in [9.17, 15) is 9.59 Å². The van der Waals surface area contributed by atoms with Crippen molar-refractivity contribution in [2.45, 2.75) is 33.4 Å². The van der Waals surface area contributed by atoms with Gasteiger partial charge in [0.25, 0.3) is 11.8 Å². The van der Waals surface area contributed by atoms with Gasteiger partial charge in [-0.25, -0.2) is 0 Å². The van der Waals surface area contributed by atoms with E-state index in [0.717, 1.165) is 33.6 Å². The fourth-order valence-electron chi connectivity index (χ4n) is 6.12. The number of amides is 2. The topological polar surface area (TPSA) is 72.8 Å². The summed E-state index contributed by atoms with van der Waals surface area (Å²) in [6.07, 6.45) is 0.646. The van der Waals surface area contributed by atoms with Crippen molar-refractivity contribution in [1.29, 1.82) is 0 Å². The standard InChI is InChI=1S/C38H37N3O4/c1-25-9-5-7-11-31(25)32-16-14-28(21-26(32)2)38(43)41-24-30-15-17-34(40(30)23-29-10-6-8-12-33(29)41)37(42)39-20-19-27-13-18-35(44-3)36(22-27)45-4/h5-18,21-22H,19-20,23-24H2,1-4H3,(H,39,42). The first kappa shape index (κ1) is 29.8. The van der Waals surface area contributed by atoms with E-state index < -0.39 is 0 Å². The third kappa shape index (κ3) is 5.94. The minimum Gasteiger partial charge on any atom is -0.493 e. The number of rotatable bonds is 8. The molecule has 0 radical (unpaired) electrons. The van der Waals surface area contributed by atoms with Crippen molar-refractivity contribution in [3.8, 4) is 22.6 Å². The van der Waals surface area contributed by atoms with Crippen LogP contribution in [0.15, 0.2) is 97.1 Å². The first-order chi connectivity index (χ1) is 21.9. The number of methoxy groups -OCH3 is 2. The zero-order valence-corrected chi connectivity index (χ0v) is 26.1. The van der Waals surface area contributed by atoms with Crippen molar-refractivity contribution >= 4 is 17.5 Å². The molecule has 6 rings (SSSR count). The van der Waals surface area contributed by atoms with Crippen LogP contribution in [-0.2, 0) is 19.5 Å². The Morgan fingerprint density at radius 2 is 1.51 bits per heavy atom. The first-order valence-electron chi connectivity index (χ1n) is 15.1. The quantitative estimate of drug-likeness (QED) is 0.209. The largest absolute Gasteiger partial charge is 0.493 e. The summed E-state index contributed by atoms with van der Waals surface area (Å²) in [5.74, 6) is 1.11. The Balaban J connectivity index is 1.22. The number of fused-ring (bicyclic) bond motifs is 2. The van der Waals surface area contributed by atoms with Crippen molar-refractivity contribution < 1.29 is 19.1 Å². The van der Waals surface area contributed by atoms with E-state index in [1.807, 2.05) is 94.4 Å². The molecule has 0 spiro atoms. The fourth-order valence-corrected chi connectivity index (χ4v) is 6.12. The van der Waals surface area contributed by atoms with Gasteiger partial charge in [-0.15, -0.1) is 0 Å². The lowest BCUT2D eigenvalue weighted by Gasteiger charge is -2.23. The van der Waals surface area contributed by atoms with Gasteiger partial charge >= 0.3 is 0 Å². The smallest absolute Gasteiger partial charge is 0.267 e. The molecule has 0 saturated carbocycles. The van der Waals surface area contributed by atoms with Crippen LogP contribution in [0.1, 0.15) is 48.8 Å². The maximum atomic E-state index is 14.1. The van der Waals surface area contributed by atoms with Gasteiger partial charge in [0.05, 0.1) is 27.3 Å². The summed E-state index contributed by atoms with van der Waals surface area (Å²) in [5, 5.41) is 3.07. The first-order valence-corrected chi connectivity index (χ1v) is 15.1. The monoisotopic (exact) mass is 599 g/mol. The van der Waals surface area contributed by atoms with Crippen molar-refractivity contribution in [2.24, 2.45) is 0 Å². The second kappa shape index (κ2) is 12.7. The van der Waals surface area contributed by atoms with Crippen molar-refractivity contribution in [3.05, 3.63) is 136 Å². The molecule has 1 aromatic heterocycles. The maximum absolute atomic E-state index is 14.1. The summed E-state index contributed by atoms with van der Waals surface area (Å²) in [6.45, 7) is 5.47. The molecule has 0 atom stereocenters. The molecule has 0 fully saturated rings. The van der Waals surface area contributed by atoms with E-state index in [1.54, 1.807) is 14.2 Å². The normalized spacial score (nSPS) is 12.1. The predicted octanol–water partition coefficient (Wildman–Crippen LogP) is 6.97. The summed E-state index contributed by atoms with van der Waals surface area (Å²) in [6, 6.07) is 31.7. The number of aromatic nitrogens is 1. The molecule has 2 amide bonds. The molecule has 7 heteroatoms. The zero-order valence-electron chi connectivity index (χ0n) is 26.1. The van der Waals surface area contributed by atoms with Gasteiger partial charge in [-0.3, -0.25) is 9.59 Å². The number of nitrogens with zero attached hydrogens (tertiary/aromatic N) is 2. The molecule has 0 bridgehead atoms. The molecule has 1 aliphatic rings. The molecular formula is C38H37N3O4. The summed E-state index contributed by atoms with van der Waals surface area (Å²) < 4.78 is 12.8. The highest BCUT2D eigenvalue weighted by molar-refractivity contribution is 6.07. The van der Waals surface area contributed by atoms with Crippen LogP contribution >= 0.6 is 0 Å². The average Bonchev–Trinajstić information content (AvgIpc) is 3.37. The fraction of sp³-hybridized carbons (Fsp3) is 0.211. The zero-order chi connectivity index (χ0) is 31.5. The van der Waals surface area contributed by atoms with Crippen LogP contribution in [-0.4, -0.2) is 37.1 Å². The van der Waals surface area contributed by atoms with E-state index in [0.29, 0.717) is 48.8 Å². The Morgan fingerprint density at radius 1 is 0.756 bits per heavy atom. The third-order valence-corrected chi connectivity index (χ3v) is 8.54. The lowest BCUT2D eigenvalue weighted by atomic mass is 9.95. The number of aryl methyl sites for hydroxylation is 2. The number of benzene rings is 4. The maximum Gasteiger partial charge on any atom is 0.267 e. The molecule has 0 aliphatic carbocycles. The van der Waals surface area contributed by atoms with Gasteiger partial charge in [-0.2, -0.15) is 0 Å². The average molecular weight is 600 g/mol. The van der Waals surface area contributed by atoms with Crippen molar-refractivity contribution in [2.75, 3.05) is 25.7 Å². The van der Waals surface area contributed by atoms with Gasteiger partial charge in [0.1, 0.15) is 5.69 Å². The minimum atomic E-state index is -0.151. The number of anilines is 1. The molecule has 1 aliphatic heterocycles. The molecule has 0 saturated heterocycles. The summed E-state index contributed by atoms with van der Waals surface area (Å²) in [4.78, 5) is 29.3. The highest BCUT2D eigenvalue weighted by Gasteiger charge is 2.27. The van der Waals surface area contributed by atoms with E-state index in [2.05, 4.69) is 31.3 Å². The Labute approximate surface area is 264 Å². The molecule has 7 nitrogen and oxygen atoms in total. The summed E-state index contributed by atoms with van der Waals surface area (Å²) in [7, 11) is 3.22. The van der Waals surface area contributed by atoms with Gasteiger partial charge in [0.15, 0.2) is 11.5 Å². The highest BCUT2D eigenvalue weighted by Crippen LogP contribution is 2.32. The van der Waals surface area contributed by atoms with Crippen molar-refractivity contribution in [1.82, 2.24) is 9.88 Å². The van der Waals surface area contributed by atoms with Crippen LogP contribution < -0.4 is 19.7 Å². The second-order valence-electron chi connectivity index (χ2n) is 11.4. The lowest BCUT2D eigenvalue weighted by molar-refractivity contribution is 0.0944. The van der Waals surface area contributed by atoms with Gasteiger partial charge in [0.2, 0.25) is 0 Å². The van der Waals surface area contributed by atoms with E-state index >= 15 is 0 Å². The number of hydrogen-bond acceptors (Lipinski definition) is 4. The highest BCUT2D eigenvalue weighted by atomic mass is 16.5. The SMILES string of the molecule is COc1ccc(CCNC(=O)c2ccc3n2Cc2ccccc2N(C(=O)c2ccc(-c4ccccc4C)c(C)c2)C3)cc1OC. The Morgan fingerprint density at radius 3 is 2.29 bits per heavy atom. The van der Waals surface area contributed by atoms with Crippen LogP contribution in [0, 0.1) is 13.8 Å². The van der Waals surface area contributed by atoms with Gasteiger partial charge in [-0.1, -0.05) is 54.6 Å². The number of ether oxygens (including phenoxy) is 2. The third-order valence-electron chi connectivity index (χ3n) is 8.54. The Kier molecular flexibility index (Phi) is 8.43. The second-order valence-corrected chi connectivity index (χ2v) is 11.4. The molecule has 1 N–H and O–H groups in total. The molecule has 5 aromatic rings. The van der Waals surface area contributed by atoms with Gasteiger partial charge in [0, 0.05) is 23.5 Å². The van der Waals surface area contributed by atoms with E-state index in [-0.39, 0.29) is 11.8 Å². The van der Waals surface area contributed by atoms with Crippen molar-refractivity contribution in [3.63, 3.8) is 0 Å². The minimum absolute atomic E-state index is 0.0718. The molecular weight excluding hydrogens is 562 g/mol. The molecule has 4 aromatic carbocycles.